The molecule has 2 aromatic carbocycles. The number of carbonyl (C=O) groups excluding carboxylic acids is 1. The highest BCUT2D eigenvalue weighted by molar-refractivity contribution is 7.92. The minimum absolute atomic E-state index is 0.0327. The second-order valence-corrected chi connectivity index (χ2v) is 9.38. The minimum Gasteiger partial charge on any atom is -0.505 e. The van der Waals surface area contributed by atoms with Crippen LogP contribution in [0.15, 0.2) is 30.5 Å². The summed E-state index contributed by atoms with van der Waals surface area (Å²) in [4.78, 5) is 18.2. The molecule has 0 saturated heterocycles. The number of amides is 1. The maximum Gasteiger partial charge on any atom is 0.258 e. The largest absolute Gasteiger partial charge is 0.505 e. The number of anilines is 1. The predicted octanol–water partition coefficient (Wildman–Crippen LogP) is 3.79. The van der Waals surface area contributed by atoms with Crippen LogP contribution in [0.2, 0.25) is 5.02 Å². The molecule has 3 aromatic rings. The molecule has 0 atom stereocenters. The summed E-state index contributed by atoms with van der Waals surface area (Å²) in [5, 5.41) is 10.7. The molecule has 1 aromatic heterocycles. The van der Waals surface area contributed by atoms with Crippen LogP contribution in [-0.4, -0.2) is 35.1 Å². The Kier molecular flexibility index (Phi) is 5.22. The number of nitrogens with one attached hydrogen (secondary N) is 1. The molecule has 1 amide bonds. The minimum atomic E-state index is -3.74. The number of halogens is 3. The second kappa shape index (κ2) is 7.61. The maximum atomic E-state index is 14.4. The number of phenols is 1. The van der Waals surface area contributed by atoms with E-state index < -0.39 is 45.4 Å². The van der Waals surface area contributed by atoms with Crippen LogP contribution in [0.3, 0.4) is 0 Å². The molecule has 0 spiro atoms. The van der Waals surface area contributed by atoms with E-state index in [1.165, 1.54) is 13.1 Å². The van der Waals surface area contributed by atoms with E-state index in [-0.39, 0.29) is 39.7 Å². The number of hydrogen-bond acceptors (Lipinski definition) is 5. The van der Waals surface area contributed by atoms with E-state index in [9.17, 15) is 27.1 Å². The molecule has 162 valence electrons. The van der Waals surface area contributed by atoms with Crippen molar-refractivity contribution in [1.82, 2.24) is 9.88 Å². The quantitative estimate of drug-likeness (QED) is 0.439. The van der Waals surface area contributed by atoms with Crippen LogP contribution < -0.4 is 4.72 Å². The van der Waals surface area contributed by atoms with Crippen molar-refractivity contribution in [3.8, 4) is 5.75 Å². The van der Waals surface area contributed by atoms with Gasteiger partial charge in [-0.15, -0.1) is 0 Å². The molecule has 0 unspecified atom stereocenters. The fourth-order valence-corrected chi connectivity index (χ4v) is 4.40. The molecule has 31 heavy (non-hydrogen) atoms. The Labute approximate surface area is 181 Å². The first-order valence-corrected chi connectivity index (χ1v) is 11.2. The topological polar surface area (TPSA) is 99.6 Å². The third kappa shape index (κ3) is 3.55. The van der Waals surface area contributed by atoms with Crippen LogP contribution in [0.4, 0.5) is 14.5 Å². The molecule has 2 N–H and O–H groups in total. The molecule has 4 rings (SSSR count). The second-order valence-electron chi connectivity index (χ2n) is 6.97. The molecule has 11 heteroatoms. The standard InChI is InChI=1S/C20H16ClF2N3O4S/c1-2-31(29,30)25-17-10-4-3-7-24-18(10)19(27)15-12(17)9-26(20(15)28)8-11-14(22)6-5-13(21)16(11)23/h3-7,25,27H,2,8-9H2,1H3. The van der Waals surface area contributed by atoms with Gasteiger partial charge in [0.15, 0.2) is 5.75 Å². The predicted molar refractivity (Wildman–Crippen MR) is 111 cm³/mol. The number of rotatable bonds is 5. The number of nitrogens with zero attached hydrogens (tertiary/aromatic N) is 2. The number of hydrogen-bond donors (Lipinski definition) is 2. The van der Waals surface area contributed by atoms with E-state index >= 15 is 0 Å². The van der Waals surface area contributed by atoms with Crippen molar-refractivity contribution in [3.05, 3.63) is 63.8 Å². The van der Waals surface area contributed by atoms with E-state index in [4.69, 9.17) is 11.6 Å². The van der Waals surface area contributed by atoms with Gasteiger partial charge in [-0.1, -0.05) is 11.6 Å². The Bertz CT molecular complexity index is 1350. The van der Waals surface area contributed by atoms with Gasteiger partial charge < -0.3 is 10.0 Å². The summed E-state index contributed by atoms with van der Waals surface area (Å²) in [6, 6.07) is 5.17. The Hall–Kier alpha value is -2.98. The van der Waals surface area contributed by atoms with Crippen molar-refractivity contribution in [2.24, 2.45) is 0 Å². The van der Waals surface area contributed by atoms with Gasteiger partial charge in [0.05, 0.1) is 28.6 Å². The average molecular weight is 468 g/mol. The number of benzene rings is 2. The monoisotopic (exact) mass is 467 g/mol. The number of carbonyl (C=O) groups is 1. The summed E-state index contributed by atoms with van der Waals surface area (Å²) in [5.41, 5.74) is -0.247. The molecule has 0 radical (unpaired) electrons. The van der Waals surface area contributed by atoms with E-state index in [2.05, 4.69) is 9.71 Å². The molecular formula is C20H16ClF2N3O4S. The maximum absolute atomic E-state index is 14.4. The Morgan fingerprint density at radius 2 is 2.03 bits per heavy atom. The van der Waals surface area contributed by atoms with Gasteiger partial charge >= 0.3 is 0 Å². The first kappa shape index (κ1) is 21.3. The molecule has 1 aliphatic rings. The number of phenolic OH excluding ortho intramolecular Hbond substituents is 1. The van der Waals surface area contributed by atoms with Crippen LogP contribution in [0.1, 0.15) is 28.4 Å². The van der Waals surface area contributed by atoms with Crippen molar-refractivity contribution in [1.29, 1.82) is 0 Å². The van der Waals surface area contributed by atoms with Crippen molar-refractivity contribution in [2.75, 3.05) is 10.5 Å². The summed E-state index contributed by atoms with van der Waals surface area (Å²) in [6.45, 7) is 0.806. The van der Waals surface area contributed by atoms with Crippen molar-refractivity contribution in [3.63, 3.8) is 0 Å². The first-order chi connectivity index (χ1) is 14.6. The number of aromatic hydroxyl groups is 1. The Morgan fingerprint density at radius 3 is 2.74 bits per heavy atom. The lowest BCUT2D eigenvalue weighted by molar-refractivity contribution is 0.0761. The van der Waals surface area contributed by atoms with Crippen molar-refractivity contribution in [2.45, 2.75) is 20.0 Å². The molecule has 0 saturated carbocycles. The SMILES string of the molecule is CCS(=O)(=O)Nc1c2c(c(O)c3ncccc13)C(=O)N(Cc1c(F)ccc(Cl)c1F)C2. The van der Waals surface area contributed by atoms with Crippen molar-refractivity contribution < 1.29 is 27.1 Å². The lowest BCUT2D eigenvalue weighted by atomic mass is 10.0. The molecule has 1 aliphatic heterocycles. The zero-order chi connectivity index (χ0) is 22.5. The molecule has 7 nitrogen and oxygen atoms in total. The first-order valence-electron chi connectivity index (χ1n) is 9.19. The Morgan fingerprint density at radius 1 is 1.29 bits per heavy atom. The normalized spacial score (nSPS) is 13.7. The summed E-state index contributed by atoms with van der Waals surface area (Å²) < 4.78 is 55.6. The van der Waals surface area contributed by atoms with Gasteiger partial charge in [-0.2, -0.15) is 0 Å². The summed E-state index contributed by atoms with van der Waals surface area (Å²) in [7, 11) is -3.74. The van der Waals surface area contributed by atoms with Gasteiger partial charge in [0.2, 0.25) is 10.0 Å². The van der Waals surface area contributed by atoms with Gasteiger partial charge in [0.1, 0.15) is 17.2 Å². The van der Waals surface area contributed by atoms with Crippen molar-refractivity contribution >= 4 is 44.1 Å². The number of aromatic nitrogens is 1. The van der Waals surface area contributed by atoms with Gasteiger partial charge in [0.25, 0.3) is 5.91 Å². The smallest absolute Gasteiger partial charge is 0.258 e. The Balaban J connectivity index is 1.86. The van der Waals surface area contributed by atoms with Gasteiger partial charge in [0, 0.05) is 29.3 Å². The highest BCUT2D eigenvalue weighted by atomic mass is 35.5. The molecule has 0 bridgehead atoms. The third-order valence-corrected chi connectivity index (χ3v) is 6.68. The van der Waals surface area contributed by atoms with Crippen LogP contribution in [0.5, 0.6) is 5.75 Å². The van der Waals surface area contributed by atoms with Crippen LogP contribution in [0.25, 0.3) is 10.9 Å². The summed E-state index contributed by atoms with van der Waals surface area (Å²) in [6.07, 6.45) is 1.39. The molecule has 0 fully saturated rings. The zero-order valence-electron chi connectivity index (χ0n) is 16.1. The fraction of sp³-hybridized carbons (Fsp3) is 0.200. The van der Waals surface area contributed by atoms with E-state index in [0.29, 0.717) is 5.39 Å². The van der Waals surface area contributed by atoms with Crippen LogP contribution in [0, 0.1) is 11.6 Å². The van der Waals surface area contributed by atoms with E-state index in [0.717, 1.165) is 17.0 Å². The number of sulfonamides is 1. The highest BCUT2D eigenvalue weighted by Crippen LogP contribution is 2.43. The number of fused-ring (bicyclic) bond motifs is 2. The zero-order valence-corrected chi connectivity index (χ0v) is 17.7. The van der Waals surface area contributed by atoms with Crippen LogP contribution >= 0.6 is 11.6 Å². The summed E-state index contributed by atoms with van der Waals surface area (Å²) >= 11 is 5.74. The van der Waals surface area contributed by atoms with E-state index in [1.807, 2.05) is 0 Å². The van der Waals surface area contributed by atoms with Gasteiger partial charge in [-0.3, -0.25) is 14.5 Å². The highest BCUT2D eigenvalue weighted by Gasteiger charge is 2.36. The summed E-state index contributed by atoms with van der Waals surface area (Å²) in [5.74, 6) is -3.23. The lowest BCUT2D eigenvalue weighted by Crippen LogP contribution is -2.24. The lowest BCUT2D eigenvalue weighted by Gasteiger charge is -2.17. The number of pyridine rings is 1. The van der Waals surface area contributed by atoms with E-state index in [1.54, 1.807) is 12.1 Å². The fourth-order valence-electron chi connectivity index (χ4n) is 3.53. The van der Waals surface area contributed by atoms with Gasteiger partial charge in [-0.25, -0.2) is 17.2 Å². The molecule has 0 aliphatic carbocycles. The van der Waals surface area contributed by atoms with Crippen LogP contribution in [-0.2, 0) is 23.1 Å². The third-order valence-electron chi connectivity index (χ3n) is 5.12. The average Bonchev–Trinajstić information content (AvgIpc) is 3.07. The molecule has 2 heterocycles. The molecular weight excluding hydrogens is 452 g/mol. The van der Waals surface area contributed by atoms with Gasteiger partial charge in [-0.05, 0) is 31.2 Å².